The number of terminal acetylenes is 1. The summed E-state index contributed by atoms with van der Waals surface area (Å²) >= 11 is 0. The van der Waals surface area contributed by atoms with Crippen molar-refractivity contribution in [1.29, 1.82) is 0 Å². The number of hydrazine groups is 1. The van der Waals surface area contributed by atoms with Crippen molar-refractivity contribution >= 4 is 0 Å². The molecule has 0 spiro atoms. The minimum Gasteiger partial charge on any atom is -0.376 e. The van der Waals surface area contributed by atoms with Crippen LogP contribution in [0.3, 0.4) is 0 Å². The van der Waals surface area contributed by atoms with Crippen LogP contribution in [0.15, 0.2) is 0 Å². The van der Waals surface area contributed by atoms with Gasteiger partial charge < -0.3 is 9.47 Å². The highest BCUT2D eigenvalue weighted by molar-refractivity contribution is 4.85. The fraction of sp³-hybridized carbons (Fsp3) is 0.800. The summed E-state index contributed by atoms with van der Waals surface area (Å²) in [6.45, 7) is 1.95. The Bertz CT molecular complexity index is 185. The van der Waals surface area contributed by atoms with E-state index < -0.39 is 0 Å². The normalized spacial score (nSPS) is 24.1. The highest BCUT2D eigenvalue weighted by atomic mass is 16.6. The van der Waals surface area contributed by atoms with Gasteiger partial charge in [0.1, 0.15) is 0 Å². The van der Waals surface area contributed by atoms with Crippen molar-refractivity contribution in [3.8, 4) is 12.3 Å². The Morgan fingerprint density at radius 1 is 1.57 bits per heavy atom. The van der Waals surface area contributed by atoms with Crippen molar-refractivity contribution in [2.45, 2.75) is 31.4 Å². The minimum atomic E-state index is 0.0616. The lowest BCUT2D eigenvalue weighted by atomic mass is 10.0. The fourth-order valence-electron chi connectivity index (χ4n) is 1.54. The van der Waals surface area contributed by atoms with Gasteiger partial charge in [0.2, 0.25) is 0 Å². The summed E-state index contributed by atoms with van der Waals surface area (Å²) in [6.07, 6.45) is 7.91. The molecule has 1 fully saturated rings. The van der Waals surface area contributed by atoms with Crippen LogP contribution in [0.25, 0.3) is 0 Å². The van der Waals surface area contributed by atoms with Crippen LogP contribution in [-0.2, 0) is 9.47 Å². The van der Waals surface area contributed by atoms with E-state index in [4.69, 9.17) is 21.7 Å². The van der Waals surface area contributed by atoms with Gasteiger partial charge in [0.05, 0.1) is 25.9 Å². The second kappa shape index (κ2) is 6.80. The number of nitrogens with one attached hydrogen (secondary N) is 1. The molecule has 0 radical (unpaired) electrons. The molecule has 0 saturated carbocycles. The van der Waals surface area contributed by atoms with E-state index in [-0.39, 0.29) is 12.1 Å². The molecule has 4 nitrogen and oxygen atoms in total. The monoisotopic (exact) mass is 198 g/mol. The van der Waals surface area contributed by atoms with Crippen LogP contribution in [0.4, 0.5) is 0 Å². The average Bonchev–Trinajstić information content (AvgIpc) is 2.26. The maximum atomic E-state index is 5.54. The first-order valence-electron chi connectivity index (χ1n) is 4.97. The van der Waals surface area contributed by atoms with Crippen molar-refractivity contribution in [3.05, 3.63) is 0 Å². The number of nitrogens with two attached hydrogens (primary N) is 1. The highest BCUT2D eigenvalue weighted by Gasteiger charge is 2.23. The van der Waals surface area contributed by atoms with Gasteiger partial charge in [-0.3, -0.25) is 11.3 Å². The molecule has 2 atom stereocenters. The van der Waals surface area contributed by atoms with Crippen molar-refractivity contribution in [2.24, 2.45) is 5.84 Å². The second-order valence-electron chi connectivity index (χ2n) is 3.35. The fourth-order valence-corrected chi connectivity index (χ4v) is 1.54. The van der Waals surface area contributed by atoms with Gasteiger partial charge in [-0.15, -0.1) is 12.3 Å². The van der Waals surface area contributed by atoms with Crippen molar-refractivity contribution < 1.29 is 9.47 Å². The van der Waals surface area contributed by atoms with E-state index in [0.29, 0.717) is 19.8 Å². The van der Waals surface area contributed by atoms with Gasteiger partial charge in [-0.2, -0.15) is 0 Å². The van der Waals surface area contributed by atoms with Gasteiger partial charge in [-0.05, 0) is 12.8 Å². The van der Waals surface area contributed by atoms with E-state index in [1.807, 2.05) is 0 Å². The Morgan fingerprint density at radius 3 is 3.00 bits per heavy atom. The molecule has 1 saturated heterocycles. The van der Waals surface area contributed by atoms with E-state index >= 15 is 0 Å². The Labute approximate surface area is 85.1 Å². The Balaban J connectivity index is 2.25. The summed E-state index contributed by atoms with van der Waals surface area (Å²) in [6, 6.07) is 0.142. The van der Waals surface area contributed by atoms with Gasteiger partial charge in [0, 0.05) is 12.5 Å². The molecule has 1 rings (SSSR count). The van der Waals surface area contributed by atoms with Gasteiger partial charge in [0.15, 0.2) is 0 Å². The minimum absolute atomic E-state index is 0.0616. The third kappa shape index (κ3) is 3.64. The lowest BCUT2D eigenvalue weighted by molar-refractivity contribution is -0.102. The predicted molar refractivity (Wildman–Crippen MR) is 54.4 cm³/mol. The predicted octanol–water partition coefficient (Wildman–Crippen LogP) is 0.0372. The molecular formula is C10H18N2O2. The molecule has 0 aromatic heterocycles. The van der Waals surface area contributed by atoms with Gasteiger partial charge in [-0.25, -0.2) is 0 Å². The highest BCUT2D eigenvalue weighted by Crippen LogP contribution is 2.10. The zero-order valence-electron chi connectivity index (χ0n) is 8.37. The van der Waals surface area contributed by atoms with Gasteiger partial charge in [-0.1, -0.05) is 0 Å². The summed E-state index contributed by atoms with van der Waals surface area (Å²) in [7, 11) is 0. The molecule has 0 aromatic rings. The van der Waals surface area contributed by atoms with Crippen LogP contribution >= 0.6 is 0 Å². The van der Waals surface area contributed by atoms with Crippen LogP contribution in [0.5, 0.6) is 0 Å². The molecule has 80 valence electrons. The molecule has 1 aliphatic rings. The van der Waals surface area contributed by atoms with Crippen molar-refractivity contribution in [1.82, 2.24) is 5.43 Å². The number of hydrogen-bond donors (Lipinski definition) is 2. The Morgan fingerprint density at radius 2 is 2.43 bits per heavy atom. The molecule has 14 heavy (non-hydrogen) atoms. The summed E-state index contributed by atoms with van der Waals surface area (Å²) in [5.41, 5.74) is 2.76. The maximum absolute atomic E-state index is 5.54. The first kappa shape index (κ1) is 11.5. The van der Waals surface area contributed by atoms with Crippen LogP contribution in [0.1, 0.15) is 19.3 Å². The van der Waals surface area contributed by atoms with Gasteiger partial charge in [0.25, 0.3) is 0 Å². The lowest BCUT2D eigenvalue weighted by Gasteiger charge is -2.29. The number of ether oxygens (including phenoxy) is 2. The van der Waals surface area contributed by atoms with E-state index in [0.717, 1.165) is 19.3 Å². The summed E-state index contributed by atoms with van der Waals surface area (Å²) in [4.78, 5) is 0. The third-order valence-corrected chi connectivity index (χ3v) is 2.34. The molecule has 1 heterocycles. The molecule has 0 amide bonds. The van der Waals surface area contributed by atoms with Crippen molar-refractivity contribution in [3.63, 3.8) is 0 Å². The number of hydrogen-bond acceptors (Lipinski definition) is 4. The standard InChI is InChI=1S/C10H18N2O2/c1-2-3-4-5-9(12-11)10-8-13-6-7-14-10/h1,9-10,12H,3-8,11H2. The first-order chi connectivity index (χ1) is 6.88. The Hall–Kier alpha value is -0.600. The zero-order chi connectivity index (χ0) is 10.2. The average molecular weight is 198 g/mol. The molecule has 2 unspecified atom stereocenters. The number of unbranched alkanes of at least 4 members (excludes halogenated alkanes) is 1. The quantitative estimate of drug-likeness (QED) is 0.283. The smallest absolute Gasteiger partial charge is 0.0975 e. The molecule has 0 bridgehead atoms. The van der Waals surface area contributed by atoms with Crippen LogP contribution in [0, 0.1) is 12.3 Å². The summed E-state index contributed by atoms with van der Waals surface area (Å²) in [5.74, 6) is 8.06. The molecule has 4 heteroatoms. The van der Waals surface area contributed by atoms with E-state index in [1.54, 1.807) is 0 Å². The van der Waals surface area contributed by atoms with Crippen LogP contribution < -0.4 is 11.3 Å². The molecular weight excluding hydrogens is 180 g/mol. The second-order valence-corrected chi connectivity index (χ2v) is 3.35. The number of rotatable bonds is 5. The van der Waals surface area contributed by atoms with Crippen LogP contribution in [-0.4, -0.2) is 32.0 Å². The summed E-state index contributed by atoms with van der Waals surface area (Å²) in [5, 5.41) is 0. The maximum Gasteiger partial charge on any atom is 0.0975 e. The molecule has 3 N–H and O–H groups in total. The van der Waals surface area contributed by atoms with Crippen LogP contribution in [0.2, 0.25) is 0 Å². The Kier molecular flexibility index (Phi) is 5.57. The molecule has 0 aliphatic carbocycles. The van der Waals surface area contributed by atoms with E-state index in [9.17, 15) is 0 Å². The van der Waals surface area contributed by atoms with E-state index in [1.165, 1.54) is 0 Å². The summed E-state index contributed by atoms with van der Waals surface area (Å²) < 4.78 is 10.9. The zero-order valence-corrected chi connectivity index (χ0v) is 8.37. The molecule has 0 aromatic carbocycles. The molecule has 1 aliphatic heterocycles. The van der Waals surface area contributed by atoms with Crippen molar-refractivity contribution in [2.75, 3.05) is 19.8 Å². The first-order valence-corrected chi connectivity index (χ1v) is 4.97. The van der Waals surface area contributed by atoms with Gasteiger partial charge >= 0.3 is 0 Å². The third-order valence-electron chi connectivity index (χ3n) is 2.34. The largest absolute Gasteiger partial charge is 0.376 e. The van der Waals surface area contributed by atoms with E-state index in [2.05, 4.69) is 11.3 Å². The topological polar surface area (TPSA) is 56.5 Å². The lowest BCUT2D eigenvalue weighted by Crippen LogP contribution is -2.49. The SMILES string of the molecule is C#CCCCC(NN)C1COCCO1.